The molecule has 124 valence electrons. The Morgan fingerprint density at radius 1 is 1.00 bits per heavy atom. The lowest BCUT2D eigenvalue weighted by molar-refractivity contribution is 0.200. The average molecular weight is 343 g/mol. The van der Waals surface area contributed by atoms with Crippen LogP contribution in [0.4, 0.5) is 0 Å². The number of hydrogen-bond acceptors (Lipinski definition) is 4. The van der Waals surface area contributed by atoms with Crippen LogP contribution < -0.4 is 10.1 Å². The summed E-state index contributed by atoms with van der Waals surface area (Å²) in [6.07, 6.45) is 1.78. The number of pyridine rings is 1. The second-order valence-corrected chi connectivity index (χ2v) is 5.80. The summed E-state index contributed by atoms with van der Waals surface area (Å²) in [5.74, 6) is 0.790. The molecule has 0 amide bonds. The third-order valence-electron chi connectivity index (χ3n) is 3.75. The Labute approximate surface area is 146 Å². The molecule has 2 N–H and O–H groups in total. The number of rotatable bonds is 7. The van der Waals surface area contributed by atoms with Gasteiger partial charge in [-0.1, -0.05) is 35.9 Å². The molecule has 0 aliphatic carbocycles. The van der Waals surface area contributed by atoms with E-state index in [4.69, 9.17) is 21.4 Å². The lowest BCUT2D eigenvalue weighted by atomic mass is 10.1. The standard InChI is InChI=1S/C19H19ClN2O2/c20-17-8-7-15(19-16(17)5-3-9-22-19)13-21-12-14-4-1-2-6-18(14)24-11-10-23/h1-9,21,23H,10-13H2. The Kier molecular flexibility index (Phi) is 5.64. The van der Waals surface area contributed by atoms with Crippen LogP contribution in [-0.4, -0.2) is 23.3 Å². The Morgan fingerprint density at radius 3 is 2.71 bits per heavy atom. The number of nitrogens with zero attached hydrogens (tertiary/aromatic N) is 1. The van der Waals surface area contributed by atoms with Crippen LogP contribution in [0.3, 0.4) is 0 Å². The van der Waals surface area contributed by atoms with Crippen LogP contribution in [0.25, 0.3) is 10.9 Å². The van der Waals surface area contributed by atoms with Crippen LogP contribution in [-0.2, 0) is 13.1 Å². The molecule has 3 rings (SSSR count). The van der Waals surface area contributed by atoms with E-state index in [0.717, 1.165) is 27.8 Å². The highest BCUT2D eigenvalue weighted by Crippen LogP contribution is 2.25. The van der Waals surface area contributed by atoms with E-state index < -0.39 is 0 Å². The third-order valence-corrected chi connectivity index (χ3v) is 4.08. The van der Waals surface area contributed by atoms with Crippen molar-refractivity contribution in [1.29, 1.82) is 0 Å². The van der Waals surface area contributed by atoms with Gasteiger partial charge < -0.3 is 15.2 Å². The van der Waals surface area contributed by atoms with Gasteiger partial charge in [-0.25, -0.2) is 0 Å². The second kappa shape index (κ2) is 8.11. The summed E-state index contributed by atoms with van der Waals surface area (Å²) in [5, 5.41) is 14.0. The van der Waals surface area contributed by atoms with Gasteiger partial charge in [0.05, 0.1) is 12.1 Å². The molecule has 24 heavy (non-hydrogen) atoms. The van der Waals surface area contributed by atoms with E-state index in [1.54, 1.807) is 6.20 Å². The van der Waals surface area contributed by atoms with Crippen molar-refractivity contribution in [3.05, 3.63) is 70.9 Å². The number of hydrogen-bond donors (Lipinski definition) is 2. The smallest absolute Gasteiger partial charge is 0.123 e. The average Bonchev–Trinajstić information content (AvgIpc) is 2.63. The molecule has 0 spiro atoms. The van der Waals surface area contributed by atoms with Crippen molar-refractivity contribution in [3.63, 3.8) is 0 Å². The van der Waals surface area contributed by atoms with E-state index in [9.17, 15) is 0 Å². The van der Waals surface area contributed by atoms with E-state index >= 15 is 0 Å². The van der Waals surface area contributed by atoms with Gasteiger partial charge in [-0.15, -0.1) is 0 Å². The first-order chi connectivity index (χ1) is 11.8. The van der Waals surface area contributed by atoms with Crippen molar-refractivity contribution < 1.29 is 9.84 Å². The second-order valence-electron chi connectivity index (χ2n) is 5.39. The summed E-state index contributed by atoms with van der Waals surface area (Å²) in [4.78, 5) is 4.45. The monoisotopic (exact) mass is 342 g/mol. The fourth-order valence-corrected chi connectivity index (χ4v) is 2.83. The van der Waals surface area contributed by atoms with Crippen molar-refractivity contribution in [2.45, 2.75) is 13.1 Å². The van der Waals surface area contributed by atoms with Gasteiger partial charge in [0.1, 0.15) is 12.4 Å². The third kappa shape index (κ3) is 3.85. The predicted octanol–water partition coefficient (Wildman–Crippen LogP) is 3.55. The molecule has 0 aliphatic rings. The number of halogens is 1. The summed E-state index contributed by atoms with van der Waals surface area (Å²) in [7, 11) is 0. The number of aliphatic hydroxyl groups excluding tert-OH is 1. The fourth-order valence-electron chi connectivity index (χ4n) is 2.62. The fraction of sp³-hybridized carbons (Fsp3) is 0.211. The van der Waals surface area contributed by atoms with Gasteiger partial charge in [0, 0.05) is 35.3 Å². The molecular weight excluding hydrogens is 324 g/mol. The molecule has 0 bridgehead atoms. The summed E-state index contributed by atoms with van der Waals surface area (Å²) >= 11 is 6.23. The van der Waals surface area contributed by atoms with Gasteiger partial charge in [0.2, 0.25) is 0 Å². The normalized spacial score (nSPS) is 10.9. The number of nitrogens with one attached hydrogen (secondary N) is 1. The topological polar surface area (TPSA) is 54.4 Å². The number of fused-ring (bicyclic) bond motifs is 1. The van der Waals surface area contributed by atoms with Gasteiger partial charge in [-0.05, 0) is 29.8 Å². The largest absolute Gasteiger partial charge is 0.491 e. The van der Waals surface area contributed by atoms with Crippen LogP contribution in [0, 0.1) is 0 Å². The molecule has 2 aromatic carbocycles. The number of para-hydroxylation sites is 1. The Balaban J connectivity index is 1.71. The minimum atomic E-state index is 0.00416. The first-order valence-electron chi connectivity index (χ1n) is 7.84. The SMILES string of the molecule is OCCOc1ccccc1CNCc1ccc(Cl)c2cccnc12. The summed E-state index contributed by atoms with van der Waals surface area (Å²) in [6, 6.07) is 15.6. The Bertz CT molecular complexity index is 823. The van der Waals surface area contributed by atoms with Gasteiger partial charge >= 0.3 is 0 Å². The van der Waals surface area contributed by atoms with Crippen LogP contribution >= 0.6 is 11.6 Å². The van der Waals surface area contributed by atoms with E-state index in [1.165, 1.54) is 0 Å². The molecule has 0 unspecified atom stereocenters. The maximum Gasteiger partial charge on any atom is 0.123 e. The molecule has 3 aromatic rings. The van der Waals surface area contributed by atoms with E-state index in [1.807, 2.05) is 48.5 Å². The van der Waals surface area contributed by atoms with Crippen LogP contribution in [0.1, 0.15) is 11.1 Å². The van der Waals surface area contributed by atoms with Crippen LogP contribution in [0.2, 0.25) is 5.02 Å². The van der Waals surface area contributed by atoms with Gasteiger partial charge in [0.25, 0.3) is 0 Å². The van der Waals surface area contributed by atoms with E-state index in [2.05, 4.69) is 10.3 Å². The first kappa shape index (κ1) is 16.7. The van der Waals surface area contributed by atoms with Crippen molar-refractivity contribution in [2.24, 2.45) is 0 Å². The zero-order valence-electron chi connectivity index (χ0n) is 13.2. The molecule has 1 heterocycles. The van der Waals surface area contributed by atoms with Crippen molar-refractivity contribution >= 4 is 22.5 Å². The molecule has 0 fully saturated rings. The van der Waals surface area contributed by atoms with Gasteiger partial charge in [0.15, 0.2) is 0 Å². The maximum absolute atomic E-state index is 8.91. The predicted molar refractivity (Wildman–Crippen MR) is 96.3 cm³/mol. The highest BCUT2D eigenvalue weighted by atomic mass is 35.5. The quantitative estimate of drug-likeness (QED) is 0.689. The lowest BCUT2D eigenvalue weighted by Gasteiger charge is -2.12. The summed E-state index contributed by atoms with van der Waals surface area (Å²) < 4.78 is 5.56. The highest BCUT2D eigenvalue weighted by Gasteiger charge is 2.07. The lowest BCUT2D eigenvalue weighted by Crippen LogP contribution is -2.14. The molecule has 0 saturated heterocycles. The van der Waals surface area contributed by atoms with Crippen LogP contribution in [0.5, 0.6) is 5.75 Å². The number of ether oxygens (including phenoxy) is 1. The molecular formula is C19H19ClN2O2. The summed E-state index contributed by atoms with van der Waals surface area (Å²) in [5.41, 5.74) is 3.07. The molecule has 0 radical (unpaired) electrons. The first-order valence-corrected chi connectivity index (χ1v) is 8.22. The Hall–Kier alpha value is -2.14. The molecule has 0 aliphatic heterocycles. The number of aromatic nitrogens is 1. The van der Waals surface area contributed by atoms with Gasteiger partial charge in [-0.2, -0.15) is 0 Å². The molecule has 1 aromatic heterocycles. The van der Waals surface area contributed by atoms with E-state index in [0.29, 0.717) is 24.7 Å². The van der Waals surface area contributed by atoms with Gasteiger partial charge in [-0.3, -0.25) is 4.98 Å². The molecule has 5 heteroatoms. The minimum Gasteiger partial charge on any atom is -0.491 e. The molecule has 4 nitrogen and oxygen atoms in total. The Morgan fingerprint density at radius 2 is 1.83 bits per heavy atom. The molecule has 0 saturated carbocycles. The highest BCUT2D eigenvalue weighted by molar-refractivity contribution is 6.35. The number of benzene rings is 2. The maximum atomic E-state index is 8.91. The van der Waals surface area contributed by atoms with Crippen molar-refractivity contribution in [3.8, 4) is 5.75 Å². The zero-order valence-corrected chi connectivity index (χ0v) is 14.0. The van der Waals surface area contributed by atoms with Crippen molar-refractivity contribution in [1.82, 2.24) is 10.3 Å². The minimum absolute atomic E-state index is 0.00416. The van der Waals surface area contributed by atoms with E-state index in [-0.39, 0.29) is 6.61 Å². The molecule has 0 atom stereocenters. The van der Waals surface area contributed by atoms with Crippen molar-refractivity contribution in [2.75, 3.05) is 13.2 Å². The summed E-state index contributed by atoms with van der Waals surface area (Å²) in [6.45, 7) is 1.64. The zero-order chi connectivity index (χ0) is 16.8. The van der Waals surface area contributed by atoms with Crippen LogP contribution in [0.15, 0.2) is 54.7 Å². The number of aliphatic hydroxyl groups is 1.